The molecule has 0 saturated heterocycles. The second-order valence-electron chi connectivity index (χ2n) is 2.80. The third-order valence-corrected chi connectivity index (χ3v) is 2.88. The van der Waals surface area contributed by atoms with Gasteiger partial charge in [0.25, 0.3) is 0 Å². The van der Waals surface area contributed by atoms with Crippen LogP contribution in [0.4, 0.5) is 0 Å². The molecule has 1 aliphatic heterocycles. The summed E-state index contributed by atoms with van der Waals surface area (Å²) in [6, 6.07) is 4.73. The van der Waals surface area contributed by atoms with Crippen LogP contribution in [0.3, 0.4) is 0 Å². The number of carbonyl (C=O) groups excluding carboxylic acids is 1. The van der Waals surface area contributed by atoms with Crippen LogP contribution in [0.5, 0.6) is 0 Å². The third kappa shape index (κ3) is 3.04. The fourth-order valence-electron chi connectivity index (χ4n) is 1.12. The van der Waals surface area contributed by atoms with Crippen molar-refractivity contribution in [3.63, 3.8) is 0 Å². The van der Waals surface area contributed by atoms with E-state index in [1.54, 1.807) is 12.3 Å². The second kappa shape index (κ2) is 5.65. The summed E-state index contributed by atoms with van der Waals surface area (Å²) in [6.45, 7) is 0. The van der Waals surface area contributed by atoms with E-state index >= 15 is 0 Å². The van der Waals surface area contributed by atoms with Crippen LogP contribution in [-0.4, -0.2) is 27.8 Å². The van der Waals surface area contributed by atoms with E-state index in [4.69, 9.17) is 0 Å². The molecule has 1 aliphatic rings. The number of hydrogen-bond donors (Lipinski definition) is 0. The Hall–Kier alpha value is -0.360. The van der Waals surface area contributed by atoms with Crippen molar-refractivity contribution in [1.82, 2.24) is 4.98 Å². The van der Waals surface area contributed by atoms with Crippen molar-refractivity contribution in [3.05, 3.63) is 30.1 Å². The summed E-state index contributed by atoms with van der Waals surface area (Å²) in [4.78, 5) is 18.6. The van der Waals surface area contributed by atoms with Crippen LogP contribution < -0.4 is 34.7 Å². The van der Waals surface area contributed by atoms with Crippen molar-refractivity contribution in [1.29, 1.82) is 0 Å². The normalized spacial score (nSPS) is 19.2. The van der Waals surface area contributed by atoms with E-state index < -0.39 is 12.0 Å². The minimum Gasteiger partial charge on any atom is -0.548 e. The molecule has 15 heavy (non-hydrogen) atoms. The maximum Gasteiger partial charge on any atom is 1.00 e. The van der Waals surface area contributed by atoms with Crippen LogP contribution in [0, 0.1) is 0 Å². The minimum absolute atomic E-state index is 0. The maximum atomic E-state index is 10.5. The van der Waals surface area contributed by atoms with E-state index in [1.165, 1.54) is 11.8 Å². The Morgan fingerprint density at radius 1 is 1.53 bits per heavy atom. The largest absolute Gasteiger partial charge is 1.00 e. The molecule has 72 valence electrons. The first-order valence-corrected chi connectivity index (χ1v) is 5.09. The van der Waals surface area contributed by atoms with Gasteiger partial charge in [-0.15, -0.1) is 11.8 Å². The number of aliphatic carboxylic acids is 1. The van der Waals surface area contributed by atoms with E-state index in [0.29, 0.717) is 10.8 Å². The van der Waals surface area contributed by atoms with Crippen LogP contribution in [0.2, 0.25) is 0 Å². The molecule has 0 saturated carbocycles. The molecular weight excluding hydrogens is 223 g/mol. The summed E-state index contributed by atoms with van der Waals surface area (Å²) in [5.74, 6) is -0.683. The van der Waals surface area contributed by atoms with Gasteiger partial charge < -0.3 is 9.90 Å². The smallest absolute Gasteiger partial charge is 0.548 e. The molecule has 2 rings (SSSR count). The number of carboxylic acid groups (broad SMARTS) is 1. The average Bonchev–Trinajstić information content (AvgIpc) is 2.68. The summed E-state index contributed by atoms with van der Waals surface area (Å²) in [7, 11) is 0. The topological polar surface area (TPSA) is 65.4 Å². The number of pyridine rings is 1. The third-order valence-electron chi connectivity index (χ3n) is 1.81. The molecular formula is C9H7N2NaO2S. The van der Waals surface area contributed by atoms with Crippen LogP contribution in [-0.2, 0) is 4.79 Å². The first-order valence-electron chi connectivity index (χ1n) is 4.10. The number of nitrogens with zero attached hydrogens (tertiary/aromatic N) is 2. The Morgan fingerprint density at radius 3 is 2.87 bits per heavy atom. The van der Waals surface area contributed by atoms with Gasteiger partial charge in [0.1, 0.15) is 11.1 Å². The molecule has 1 aromatic heterocycles. The molecule has 0 radical (unpaired) electrons. The molecule has 1 atom stereocenters. The van der Waals surface area contributed by atoms with Gasteiger partial charge in [-0.1, -0.05) is 6.07 Å². The average molecular weight is 230 g/mol. The van der Waals surface area contributed by atoms with Crippen molar-refractivity contribution in [2.75, 3.05) is 5.75 Å². The number of aliphatic imine (C=N–C) groups is 1. The predicted octanol–water partition coefficient (Wildman–Crippen LogP) is -3.30. The Balaban J connectivity index is 0.00000112. The van der Waals surface area contributed by atoms with Gasteiger partial charge in [-0.3, -0.25) is 9.98 Å². The summed E-state index contributed by atoms with van der Waals surface area (Å²) in [6.07, 6.45) is 1.66. The monoisotopic (exact) mass is 230 g/mol. The van der Waals surface area contributed by atoms with Gasteiger partial charge in [0.2, 0.25) is 0 Å². The fraction of sp³-hybridized carbons (Fsp3) is 0.222. The van der Waals surface area contributed by atoms with Crippen molar-refractivity contribution in [3.8, 4) is 0 Å². The zero-order valence-electron chi connectivity index (χ0n) is 8.21. The minimum atomic E-state index is -1.12. The quantitative estimate of drug-likeness (QED) is 0.499. The Kier molecular flexibility index (Phi) is 4.79. The van der Waals surface area contributed by atoms with Crippen LogP contribution in [0.1, 0.15) is 5.69 Å². The number of hydrogen-bond acceptors (Lipinski definition) is 5. The first-order chi connectivity index (χ1) is 6.77. The standard InChI is InChI=1S/C9H8N2O2S.Na/c12-9(13)7-5-14-8(11-7)6-3-1-2-4-10-6;/h1-4,7H,5H2,(H,12,13);/q;+1/p-1/t7-;/m0./s1. The molecule has 4 nitrogen and oxygen atoms in total. The Morgan fingerprint density at radius 2 is 2.33 bits per heavy atom. The van der Waals surface area contributed by atoms with Crippen LogP contribution >= 0.6 is 11.8 Å². The van der Waals surface area contributed by atoms with Crippen molar-refractivity contribution >= 4 is 22.8 Å². The van der Waals surface area contributed by atoms with Crippen molar-refractivity contribution < 1.29 is 39.5 Å². The maximum absolute atomic E-state index is 10.5. The molecule has 2 heterocycles. The second-order valence-corrected chi connectivity index (χ2v) is 3.80. The van der Waals surface area contributed by atoms with Gasteiger partial charge in [-0.2, -0.15) is 0 Å². The fourth-order valence-corrected chi connectivity index (χ4v) is 2.12. The number of carbonyl (C=O) groups is 1. The summed E-state index contributed by atoms with van der Waals surface area (Å²) in [5, 5.41) is 11.2. The molecule has 0 N–H and O–H groups in total. The summed E-state index contributed by atoms with van der Waals surface area (Å²) >= 11 is 1.40. The molecule has 0 fully saturated rings. The van der Waals surface area contributed by atoms with E-state index in [0.717, 1.165) is 5.69 Å². The van der Waals surface area contributed by atoms with Crippen molar-refractivity contribution in [2.24, 2.45) is 4.99 Å². The molecule has 1 aromatic rings. The number of thioether (sulfide) groups is 1. The van der Waals surface area contributed by atoms with Gasteiger partial charge in [0.15, 0.2) is 0 Å². The van der Waals surface area contributed by atoms with Gasteiger partial charge in [0.05, 0.1) is 11.7 Å². The van der Waals surface area contributed by atoms with Gasteiger partial charge in [-0.05, 0) is 12.1 Å². The van der Waals surface area contributed by atoms with Gasteiger partial charge in [-0.25, -0.2) is 0 Å². The summed E-state index contributed by atoms with van der Waals surface area (Å²) < 4.78 is 0. The first kappa shape index (κ1) is 12.7. The van der Waals surface area contributed by atoms with Crippen molar-refractivity contribution in [2.45, 2.75) is 6.04 Å². The molecule has 0 bridgehead atoms. The van der Waals surface area contributed by atoms with Gasteiger partial charge in [0, 0.05) is 11.9 Å². The number of carboxylic acids is 1. The van der Waals surface area contributed by atoms with E-state index in [2.05, 4.69) is 9.98 Å². The number of rotatable bonds is 2. The Bertz CT molecular complexity index is 383. The Labute approximate surface area is 113 Å². The van der Waals surface area contributed by atoms with E-state index in [9.17, 15) is 9.90 Å². The molecule has 6 heteroatoms. The zero-order valence-corrected chi connectivity index (χ0v) is 11.0. The van der Waals surface area contributed by atoms with Crippen LogP contribution in [0.25, 0.3) is 0 Å². The predicted molar refractivity (Wildman–Crippen MR) is 52.0 cm³/mol. The summed E-state index contributed by atoms with van der Waals surface area (Å²) in [5.41, 5.74) is 0.723. The molecule has 0 aromatic carbocycles. The number of aromatic nitrogens is 1. The SMILES string of the molecule is O=C([O-])[C@@H]1CSC(c2ccccn2)=N1.[Na+]. The van der Waals surface area contributed by atoms with E-state index in [-0.39, 0.29) is 29.6 Å². The van der Waals surface area contributed by atoms with E-state index in [1.807, 2.05) is 12.1 Å². The molecule has 0 spiro atoms. The molecule has 0 aliphatic carbocycles. The van der Waals surface area contributed by atoms with Gasteiger partial charge >= 0.3 is 29.6 Å². The molecule has 0 amide bonds. The van der Waals surface area contributed by atoms with Crippen LogP contribution in [0.15, 0.2) is 29.4 Å². The zero-order chi connectivity index (χ0) is 9.97. The molecule has 0 unspecified atom stereocenters.